The number of carbonyl (C=O) groups excluding carboxylic acids is 1. The number of fused-ring (bicyclic) bond motifs is 1. The van der Waals surface area contributed by atoms with Crippen LogP contribution in [-0.2, 0) is 6.42 Å². The van der Waals surface area contributed by atoms with E-state index < -0.39 is 6.04 Å². The van der Waals surface area contributed by atoms with Gasteiger partial charge < -0.3 is 4.74 Å². The molecule has 4 rings (SSSR count). The van der Waals surface area contributed by atoms with Gasteiger partial charge in [0.05, 0.1) is 30.7 Å². The van der Waals surface area contributed by atoms with Crippen LogP contribution in [0.25, 0.3) is 0 Å². The highest BCUT2D eigenvalue weighted by Crippen LogP contribution is 2.42. The highest BCUT2D eigenvalue weighted by atomic mass is 19.1. The number of amides is 1. The highest BCUT2D eigenvalue weighted by Gasteiger charge is 2.42. The Bertz CT molecular complexity index is 996. The van der Waals surface area contributed by atoms with E-state index in [-0.39, 0.29) is 11.7 Å². The molecule has 3 heterocycles. The molecule has 7 heteroatoms. The minimum absolute atomic E-state index is 0.182. The predicted molar refractivity (Wildman–Crippen MR) is 103 cm³/mol. The monoisotopic (exact) mass is 380 g/mol. The Hall–Kier alpha value is -3.22. The van der Waals surface area contributed by atoms with Crippen molar-refractivity contribution in [1.82, 2.24) is 15.2 Å². The zero-order valence-corrected chi connectivity index (χ0v) is 15.9. The first kappa shape index (κ1) is 18.2. The molecule has 0 spiro atoms. The van der Waals surface area contributed by atoms with Crippen LogP contribution in [0.1, 0.15) is 47.2 Å². The molecule has 1 aliphatic heterocycles. The molecule has 0 aliphatic carbocycles. The normalized spacial score (nSPS) is 16.0. The molecule has 1 amide bonds. The Morgan fingerprint density at radius 3 is 2.57 bits per heavy atom. The molecule has 0 saturated carbocycles. The molecule has 0 bridgehead atoms. The number of aromatic amines is 1. The number of pyridine rings is 1. The smallest absolute Gasteiger partial charge is 0.277 e. The Kier molecular flexibility index (Phi) is 4.58. The van der Waals surface area contributed by atoms with Crippen molar-refractivity contribution in [2.24, 2.45) is 5.92 Å². The number of H-pyrrole nitrogens is 1. The second kappa shape index (κ2) is 7.07. The first-order valence-corrected chi connectivity index (χ1v) is 9.15. The lowest BCUT2D eigenvalue weighted by molar-refractivity contribution is 0.0988. The lowest BCUT2D eigenvalue weighted by Crippen LogP contribution is -2.29. The fraction of sp³-hybridized carbons (Fsp3) is 0.286. The molecular weight excluding hydrogens is 359 g/mol. The molecule has 1 aromatic carbocycles. The van der Waals surface area contributed by atoms with Gasteiger partial charge in [0.25, 0.3) is 5.91 Å². The molecule has 1 atom stereocenters. The first-order chi connectivity index (χ1) is 13.5. The summed E-state index contributed by atoms with van der Waals surface area (Å²) >= 11 is 0. The van der Waals surface area contributed by atoms with Crippen molar-refractivity contribution in [2.75, 3.05) is 12.0 Å². The fourth-order valence-corrected chi connectivity index (χ4v) is 3.62. The van der Waals surface area contributed by atoms with Crippen molar-refractivity contribution in [3.05, 3.63) is 70.9 Å². The Morgan fingerprint density at radius 1 is 1.21 bits per heavy atom. The van der Waals surface area contributed by atoms with E-state index in [0.29, 0.717) is 23.2 Å². The van der Waals surface area contributed by atoms with E-state index in [2.05, 4.69) is 29.0 Å². The van der Waals surface area contributed by atoms with Gasteiger partial charge in [0.15, 0.2) is 0 Å². The highest BCUT2D eigenvalue weighted by molar-refractivity contribution is 6.10. The number of anilines is 1. The largest absolute Gasteiger partial charge is 0.481 e. The number of methoxy groups -OCH3 is 1. The SMILES string of the molecule is COc1ccc(N2C(=O)c3[nH]nc(CC(C)C)c3C2c2ccc(F)cc2)cn1. The Balaban J connectivity index is 1.85. The van der Waals surface area contributed by atoms with Gasteiger partial charge in [0, 0.05) is 11.6 Å². The molecular formula is C21H21FN4O2. The van der Waals surface area contributed by atoms with Crippen LogP contribution in [-0.4, -0.2) is 28.2 Å². The summed E-state index contributed by atoms with van der Waals surface area (Å²) in [5.41, 5.74) is 3.63. The van der Waals surface area contributed by atoms with Crippen LogP contribution >= 0.6 is 0 Å². The number of nitrogens with one attached hydrogen (secondary N) is 1. The zero-order chi connectivity index (χ0) is 19.8. The van der Waals surface area contributed by atoms with Gasteiger partial charge in [-0.25, -0.2) is 9.37 Å². The number of aromatic nitrogens is 3. The molecule has 3 aromatic rings. The molecule has 1 unspecified atom stereocenters. The van der Waals surface area contributed by atoms with E-state index in [0.717, 1.165) is 23.2 Å². The van der Waals surface area contributed by atoms with Gasteiger partial charge in [-0.15, -0.1) is 0 Å². The Morgan fingerprint density at radius 2 is 1.96 bits per heavy atom. The number of ether oxygens (including phenoxy) is 1. The molecule has 1 aliphatic rings. The van der Waals surface area contributed by atoms with E-state index in [1.54, 1.807) is 42.5 Å². The van der Waals surface area contributed by atoms with E-state index in [4.69, 9.17) is 4.74 Å². The van der Waals surface area contributed by atoms with E-state index >= 15 is 0 Å². The van der Waals surface area contributed by atoms with Crippen LogP contribution in [0.4, 0.5) is 10.1 Å². The van der Waals surface area contributed by atoms with Gasteiger partial charge in [-0.3, -0.25) is 14.8 Å². The second-order valence-corrected chi connectivity index (χ2v) is 7.24. The predicted octanol–water partition coefficient (Wildman–Crippen LogP) is 3.90. The summed E-state index contributed by atoms with van der Waals surface area (Å²) in [4.78, 5) is 19.1. The van der Waals surface area contributed by atoms with Crippen molar-refractivity contribution in [2.45, 2.75) is 26.3 Å². The average Bonchev–Trinajstić information content (AvgIpc) is 3.21. The summed E-state index contributed by atoms with van der Waals surface area (Å²) in [7, 11) is 1.54. The number of hydrogen-bond acceptors (Lipinski definition) is 4. The van der Waals surface area contributed by atoms with Gasteiger partial charge in [-0.1, -0.05) is 26.0 Å². The van der Waals surface area contributed by atoms with E-state index in [1.165, 1.54) is 12.1 Å². The van der Waals surface area contributed by atoms with Gasteiger partial charge in [-0.05, 0) is 36.1 Å². The zero-order valence-electron chi connectivity index (χ0n) is 15.9. The summed E-state index contributed by atoms with van der Waals surface area (Å²) in [6.07, 6.45) is 2.35. The summed E-state index contributed by atoms with van der Waals surface area (Å²) in [5.74, 6) is 0.349. The van der Waals surface area contributed by atoms with Gasteiger partial charge in [-0.2, -0.15) is 5.10 Å². The molecule has 1 N–H and O–H groups in total. The van der Waals surface area contributed by atoms with Crippen molar-refractivity contribution in [3.63, 3.8) is 0 Å². The fourth-order valence-electron chi connectivity index (χ4n) is 3.62. The minimum Gasteiger partial charge on any atom is -0.481 e. The lowest BCUT2D eigenvalue weighted by Gasteiger charge is -2.26. The van der Waals surface area contributed by atoms with Gasteiger partial charge in [0.1, 0.15) is 11.5 Å². The molecule has 0 radical (unpaired) electrons. The van der Waals surface area contributed by atoms with Gasteiger partial charge in [0.2, 0.25) is 5.88 Å². The third kappa shape index (κ3) is 3.02. The maximum absolute atomic E-state index is 13.5. The number of hydrogen-bond donors (Lipinski definition) is 1. The van der Waals surface area contributed by atoms with E-state index in [9.17, 15) is 9.18 Å². The molecule has 2 aromatic heterocycles. The van der Waals surface area contributed by atoms with Crippen molar-refractivity contribution in [1.29, 1.82) is 0 Å². The van der Waals surface area contributed by atoms with Crippen LogP contribution in [0, 0.1) is 11.7 Å². The second-order valence-electron chi connectivity index (χ2n) is 7.24. The van der Waals surface area contributed by atoms with Crippen molar-refractivity contribution >= 4 is 11.6 Å². The quantitative estimate of drug-likeness (QED) is 0.729. The van der Waals surface area contributed by atoms with Crippen LogP contribution in [0.2, 0.25) is 0 Å². The minimum atomic E-state index is -0.397. The third-order valence-corrected chi connectivity index (χ3v) is 4.84. The van der Waals surface area contributed by atoms with Crippen LogP contribution in [0.3, 0.4) is 0 Å². The summed E-state index contributed by atoms with van der Waals surface area (Å²) in [5, 5.41) is 7.31. The standard InChI is InChI=1S/C21H21FN4O2/c1-12(2)10-16-18-19(25-24-16)21(27)26(15-8-9-17(28-3)23-11-15)20(18)13-4-6-14(22)7-5-13/h4-9,11-12,20H,10H2,1-3H3,(H,24,25). The number of rotatable bonds is 5. The lowest BCUT2D eigenvalue weighted by atomic mass is 9.95. The summed E-state index contributed by atoms with van der Waals surface area (Å²) in [6, 6.07) is 9.34. The van der Waals surface area contributed by atoms with Crippen LogP contribution in [0.15, 0.2) is 42.6 Å². The molecule has 144 valence electrons. The van der Waals surface area contributed by atoms with E-state index in [1.807, 2.05) is 0 Å². The summed E-state index contributed by atoms with van der Waals surface area (Å²) < 4.78 is 18.6. The van der Waals surface area contributed by atoms with Crippen molar-refractivity contribution < 1.29 is 13.9 Å². The first-order valence-electron chi connectivity index (χ1n) is 9.15. The summed E-state index contributed by atoms with van der Waals surface area (Å²) in [6.45, 7) is 4.21. The van der Waals surface area contributed by atoms with Crippen molar-refractivity contribution in [3.8, 4) is 5.88 Å². The topological polar surface area (TPSA) is 71.1 Å². The molecule has 0 saturated heterocycles. The number of halogens is 1. The Labute approximate surface area is 162 Å². The number of carbonyl (C=O) groups is 1. The maximum atomic E-state index is 13.5. The average molecular weight is 380 g/mol. The maximum Gasteiger partial charge on any atom is 0.277 e. The molecule has 28 heavy (non-hydrogen) atoms. The molecule has 6 nitrogen and oxygen atoms in total. The third-order valence-electron chi connectivity index (χ3n) is 4.84. The molecule has 0 fully saturated rings. The number of nitrogens with zero attached hydrogens (tertiary/aromatic N) is 3. The number of benzene rings is 1. The van der Waals surface area contributed by atoms with Gasteiger partial charge >= 0.3 is 0 Å². The van der Waals surface area contributed by atoms with Crippen LogP contribution < -0.4 is 9.64 Å². The van der Waals surface area contributed by atoms with Crippen LogP contribution in [0.5, 0.6) is 5.88 Å².